The number of aliphatic hydroxyl groups excluding tert-OH is 2. The Morgan fingerprint density at radius 3 is 2.18 bits per heavy atom. The van der Waals surface area contributed by atoms with Crippen molar-refractivity contribution in [2.75, 3.05) is 7.05 Å². The summed E-state index contributed by atoms with van der Waals surface area (Å²) in [6.07, 6.45) is 1.90. The Morgan fingerprint density at radius 1 is 1.36 bits per heavy atom. The van der Waals surface area contributed by atoms with Gasteiger partial charge in [0.05, 0.1) is 12.2 Å². The average Bonchev–Trinajstić information content (AvgIpc) is 2.31. The molecule has 0 saturated heterocycles. The maximum atomic E-state index is 9.20. The predicted octanol–water partition coefficient (Wildman–Crippen LogP) is -0.0541. The van der Waals surface area contributed by atoms with E-state index in [0.29, 0.717) is 12.8 Å². The summed E-state index contributed by atoms with van der Waals surface area (Å²) in [5, 5.41) is 18.4. The lowest BCUT2D eigenvalue weighted by atomic mass is 10.2. The molecule has 1 rings (SSSR count). The summed E-state index contributed by atoms with van der Waals surface area (Å²) in [7, 11) is 1.91. The molecule has 3 heteroatoms. The van der Waals surface area contributed by atoms with E-state index in [2.05, 4.69) is 6.58 Å². The summed E-state index contributed by atoms with van der Waals surface area (Å²) in [5.41, 5.74) is 0. The number of hydrogen-bond donors (Lipinski definition) is 2. The van der Waals surface area contributed by atoms with Crippen molar-refractivity contribution in [3.05, 3.63) is 12.8 Å². The van der Waals surface area contributed by atoms with Crippen LogP contribution in [0, 0.1) is 0 Å². The SMILES string of the molecule is C=CN(C)C1CC(O)C(O)C1. The summed E-state index contributed by atoms with van der Waals surface area (Å²) in [6.45, 7) is 3.62. The van der Waals surface area contributed by atoms with E-state index >= 15 is 0 Å². The topological polar surface area (TPSA) is 43.7 Å². The molecular weight excluding hydrogens is 142 g/mol. The highest BCUT2D eigenvalue weighted by molar-refractivity contribution is 4.90. The summed E-state index contributed by atoms with van der Waals surface area (Å²) >= 11 is 0. The molecule has 0 amide bonds. The van der Waals surface area contributed by atoms with Gasteiger partial charge >= 0.3 is 0 Å². The van der Waals surface area contributed by atoms with E-state index in [4.69, 9.17) is 0 Å². The molecule has 2 unspecified atom stereocenters. The molecule has 0 aromatic carbocycles. The van der Waals surface area contributed by atoms with Crippen molar-refractivity contribution in [2.24, 2.45) is 0 Å². The monoisotopic (exact) mass is 157 g/mol. The molecular formula is C8H15NO2. The lowest BCUT2D eigenvalue weighted by Gasteiger charge is -2.21. The van der Waals surface area contributed by atoms with Gasteiger partial charge in [0, 0.05) is 13.1 Å². The summed E-state index contributed by atoms with van der Waals surface area (Å²) in [4.78, 5) is 1.93. The largest absolute Gasteiger partial charge is 0.390 e. The molecule has 0 bridgehead atoms. The third-order valence-corrected chi connectivity index (χ3v) is 2.34. The van der Waals surface area contributed by atoms with E-state index in [0.717, 1.165) is 0 Å². The normalized spacial score (nSPS) is 37.2. The Kier molecular flexibility index (Phi) is 2.52. The molecule has 0 spiro atoms. The third kappa shape index (κ3) is 1.73. The first-order valence-electron chi connectivity index (χ1n) is 3.85. The molecule has 0 aliphatic heterocycles. The second kappa shape index (κ2) is 3.24. The highest BCUT2D eigenvalue weighted by atomic mass is 16.3. The quantitative estimate of drug-likeness (QED) is 0.590. The Hall–Kier alpha value is -0.540. The van der Waals surface area contributed by atoms with Crippen LogP contribution in [0.15, 0.2) is 12.8 Å². The number of hydrogen-bond acceptors (Lipinski definition) is 3. The highest BCUT2D eigenvalue weighted by Gasteiger charge is 2.32. The van der Waals surface area contributed by atoms with Crippen LogP contribution in [0.1, 0.15) is 12.8 Å². The van der Waals surface area contributed by atoms with Gasteiger partial charge in [-0.1, -0.05) is 6.58 Å². The van der Waals surface area contributed by atoms with Gasteiger partial charge in [-0.05, 0) is 19.0 Å². The fourth-order valence-electron chi connectivity index (χ4n) is 1.45. The van der Waals surface area contributed by atoms with Crippen LogP contribution in [0.3, 0.4) is 0 Å². The molecule has 1 aliphatic carbocycles. The molecule has 2 atom stereocenters. The number of aliphatic hydroxyl groups is 2. The summed E-state index contributed by atoms with van der Waals surface area (Å²) in [6, 6.07) is 0.248. The number of nitrogens with zero attached hydrogens (tertiary/aromatic N) is 1. The van der Waals surface area contributed by atoms with E-state index in [1.54, 1.807) is 6.20 Å². The molecule has 2 N–H and O–H groups in total. The Labute approximate surface area is 66.9 Å². The van der Waals surface area contributed by atoms with Crippen molar-refractivity contribution >= 4 is 0 Å². The smallest absolute Gasteiger partial charge is 0.0819 e. The second-order valence-electron chi connectivity index (χ2n) is 3.11. The summed E-state index contributed by atoms with van der Waals surface area (Å²) < 4.78 is 0. The molecule has 64 valence electrons. The fourth-order valence-corrected chi connectivity index (χ4v) is 1.45. The summed E-state index contributed by atoms with van der Waals surface area (Å²) in [5.74, 6) is 0. The molecule has 0 aromatic heterocycles. The van der Waals surface area contributed by atoms with Gasteiger partial charge in [0.2, 0.25) is 0 Å². The predicted molar refractivity (Wildman–Crippen MR) is 43.0 cm³/mol. The van der Waals surface area contributed by atoms with Crippen LogP contribution >= 0.6 is 0 Å². The van der Waals surface area contributed by atoms with E-state index in [1.165, 1.54) is 0 Å². The van der Waals surface area contributed by atoms with Crippen LogP contribution in [0.4, 0.5) is 0 Å². The molecule has 0 heterocycles. The van der Waals surface area contributed by atoms with Crippen molar-refractivity contribution in [3.63, 3.8) is 0 Å². The van der Waals surface area contributed by atoms with Crippen LogP contribution in [-0.2, 0) is 0 Å². The van der Waals surface area contributed by atoms with E-state index < -0.39 is 12.2 Å². The van der Waals surface area contributed by atoms with E-state index in [1.807, 2.05) is 11.9 Å². The first-order valence-corrected chi connectivity index (χ1v) is 3.85. The van der Waals surface area contributed by atoms with Crippen LogP contribution in [0.5, 0.6) is 0 Å². The maximum absolute atomic E-state index is 9.20. The van der Waals surface area contributed by atoms with E-state index in [-0.39, 0.29) is 6.04 Å². The van der Waals surface area contributed by atoms with Crippen molar-refractivity contribution in [1.29, 1.82) is 0 Å². The van der Waals surface area contributed by atoms with Crippen LogP contribution in [0.25, 0.3) is 0 Å². The lowest BCUT2D eigenvalue weighted by Crippen LogP contribution is -2.24. The standard InChI is InChI=1S/C8H15NO2/c1-3-9(2)6-4-7(10)8(11)5-6/h3,6-8,10-11H,1,4-5H2,2H3. The minimum Gasteiger partial charge on any atom is -0.390 e. The Balaban J connectivity index is 2.46. The van der Waals surface area contributed by atoms with Gasteiger partial charge in [0.25, 0.3) is 0 Å². The van der Waals surface area contributed by atoms with Gasteiger partial charge in [0.1, 0.15) is 0 Å². The molecule has 11 heavy (non-hydrogen) atoms. The van der Waals surface area contributed by atoms with Gasteiger partial charge in [-0.3, -0.25) is 0 Å². The number of rotatable bonds is 2. The Bertz CT molecular complexity index is 139. The first-order chi connectivity index (χ1) is 5.15. The van der Waals surface area contributed by atoms with Crippen LogP contribution in [-0.4, -0.2) is 40.4 Å². The fraction of sp³-hybridized carbons (Fsp3) is 0.750. The minimum absolute atomic E-state index is 0.248. The van der Waals surface area contributed by atoms with Crippen LogP contribution < -0.4 is 0 Å². The molecule has 0 aromatic rings. The van der Waals surface area contributed by atoms with Crippen molar-refractivity contribution < 1.29 is 10.2 Å². The maximum Gasteiger partial charge on any atom is 0.0819 e. The average molecular weight is 157 g/mol. The molecule has 0 radical (unpaired) electrons. The van der Waals surface area contributed by atoms with E-state index in [9.17, 15) is 10.2 Å². The van der Waals surface area contributed by atoms with Gasteiger partial charge in [-0.2, -0.15) is 0 Å². The van der Waals surface area contributed by atoms with Gasteiger partial charge in [0.15, 0.2) is 0 Å². The lowest BCUT2D eigenvalue weighted by molar-refractivity contribution is 0.0438. The molecule has 3 nitrogen and oxygen atoms in total. The molecule has 1 fully saturated rings. The van der Waals surface area contributed by atoms with Gasteiger partial charge < -0.3 is 15.1 Å². The minimum atomic E-state index is -0.553. The first kappa shape index (κ1) is 8.56. The molecule has 1 aliphatic rings. The van der Waals surface area contributed by atoms with Crippen molar-refractivity contribution in [1.82, 2.24) is 4.90 Å². The zero-order chi connectivity index (χ0) is 8.43. The second-order valence-corrected chi connectivity index (χ2v) is 3.11. The van der Waals surface area contributed by atoms with Crippen molar-refractivity contribution in [2.45, 2.75) is 31.1 Å². The molecule has 1 saturated carbocycles. The van der Waals surface area contributed by atoms with Gasteiger partial charge in [-0.15, -0.1) is 0 Å². The van der Waals surface area contributed by atoms with Crippen LogP contribution in [0.2, 0.25) is 0 Å². The Morgan fingerprint density at radius 2 is 1.82 bits per heavy atom. The van der Waals surface area contributed by atoms with Gasteiger partial charge in [-0.25, -0.2) is 0 Å². The zero-order valence-corrected chi connectivity index (χ0v) is 6.77. The van der Waals surface area contributed by atoms with Crippen molar-refractivity contribution in [3.8, 4) is 0 Å². The zero-order valence-electron chi connectivity index (χ0n) is 6.77. The third-order valence-electron chi connectivity index (χ3n) is 2.34. The highest BCUT2D eigenvalue weighted by Crippen LogP contribution is 2.23.